The van der Waals surface area contributed by atoms with Gasteiger partial charge in [0.05, 0.1) is 21.8 Å². The predicted molar refractivity (Wildman–Crippen MR) is 102 cm³/mol. The number of hydrogen-bond acceptors (Lipinski definition) is 4. The largest absolute Gasteiger partial charge is 0.260 e. The van der Waals surface area contributed by atoms with Gasteiger partial charge in [-0.15, -0.1) is 0 Å². The average molecular weight is 400 g/mol. The van der Waals surface area contributed by atoms with Crippen molar-refractivity contribution >= 4 is 69.3 Å². The first-order valence-electron chi connectivity index (χ1n) is 6.81. The first-order chi connectivity index (χ1) is 11.4. The van der Waals surface area contributed by atoms with Crippen molar-refractivity contribution in [2.75, 3.05) is 5.43 Å². The van der Waals surface area contributed by atoms with Crippen LogP contribution in [0.3, 0.4) is 0 Å². The van der Waals surface area contributed by atoms with Gasteiger partial charge in [0.25, 0.3) is 0 Å². The molecule has 0 radical (unpaired) electrons. The lowest BCUT2D eigenvalue weighted by Crippen LogP contribution is -1.96. The molecule has 24 heavy (non-hydrogen) atoms. The van der Waals surface area contributed by atoms with E-state index in [1.54, 1.807) is 0 Å². The van der Waals surface area contributed by atoms with E-state index >= 15 is 0 Å². The predicted octanol–water partition coefficient (Wildman–Crippen LogP) is 6.00. The van der Waals surface area contributed by atoms with Gasteiger partial charge in [0.2, 0.25) is 0 Å². The number of aryl methyl sites for hydroxylation is 1. The van der Waals surface area contributed by atoms with Crippen LogP contribution in [0.4, 0.5) is 5.82 Å². The van der Waals surface area contributed by atoms with Crippen LogP contribution in [0.15, 0.2) is 35.4 Å². The number of aromatic nitrogens is 2. The van der Waals surface area contributed by atoms with Gasteiger partial charge in [-0.2, -0.15) is 5.10 Å². The van der Waals surface area contributed by atoms with E-state index in [0.717, 1.165) is 16.5 Å². The van der Waals surface area contributed by atoms with Crippen molar-refractivity contribution in [2.45, 2.75) is 6.92 Å². The normalized spacial score (nSPS) is 11.4. The highest BCUT2D eigenvalue weighted by molar-refractivity contribution is 6.43. The highest BCUT2D eigenvalue weighted by atomic mass is 35.5. The lowest BCUT2D eigenvalue weighted by Gasteiger charge is -2.05. The Labute approximate surface area is 158 Å². The lowest BCUT2D eigenvalue weighted by atomic mass is 10.1. The van der Waals surface area contributed by atoms with Crippen molar-refractivity contribution < 1.29 is 0 Å². The Morgan fingerprint density at radius 3 is 2.54 bits per heavy atom. The molecule has 8 heteroatoms. The van der Waals surface area contributed by atoms with E-state index < -0.39 is 0 Å². The van der Waals surface area contributed by atoms with Gasteiger partial charge in [-0.25, -0.2) is 9.97 Å². The summed E-state index contributed by atoms with van der Waals surface area (Å²) in [6.07, 6.45) is 1.54. The number of fused-ring (bicyclic) bond motifs is 1. The van der Waals surface area contributed by atoms with Crippen LogP contribution in [0.1, 0.15) is 11.1 Å². The molecule has 0 spiro atoms. The van der Waals surface area contributed by atoms with Gasteiger partial charge in [0, 0.05) is 10.9 Å². The first-order valence-corrected chi connectivity index (χ1v) is 8.33. The molecule has 0 amide bonds. The molecule has 2 aromatic heterocycles. The summed E-state index contributed by atoms with van der Waals surface area (Å²) in [4.78, 5) is 8.39. The number of rotatable bonds is 3. The van der Waals surface area contributed by atoms with Crippen molar-refractivity contribution in [2.24, 2.45) is 5.10 Å². The quantitative estimate of drug-likeness (QED) is 0.334. The molecule has 3 aromatic rings. The third-order valence-corrected chi connectivity index (χ3v) is 4.48. The zero-order chi connectivity index (χ0) is 17.3. The maximum Gasteiger partial charge on any atom is 0.166 e. The third kappa shape index (κ3) is 3.73. The fourth-order valence-electron chi connectivity index (χ4n) is 2.05. The summed E-state index contributed by atoms with van der Waals surface area (Å²) in [5, 5.41) is 6.12. The molecule has 0 unspecified atom stereocenters. The Balaban J connectivity index is 1.87. The molecule has 0 aliphatic rings. The number of nitrogens with one attached hydrogen (secondary N) is 1. The molecular formula is C16H10Cl4N4. The Kier molecular flexibility index (Phi) is 5.11. The smallest absolute Gasteiger partial charge is 0.166 e. The van der Waals surface area contributed by atoms with Gasteiger partial charge in [-0.3, -0.25) is 5.43 Å². The molecule has 0 bridgehead atoms. The van der Waals surface area contributed by atoms with Gasteiger partial charge in [0.1, 0.15) is 10.3 Å². The van der Waals surface area contributed by atoms with Crippen LogP contribution in [0, 0.1) is 6.92 Å². The van der Waals surface area contributed by atoms with Gasteiger partial charge in [-0.05, 0) is 30.7 Å². The maximum absolute atomic E-state index is 6.20. The molecular weight excluding hydrogens is 390 g/mol. The van der Waals surface area contributed by atoms with Crippen molar-refractivity contribution in [1.29, 1.82) is 0 Å². The van der Waals surface area contributed by atoms with Crippen LogP contribution in [-0.2, 0) is 0 Å². The van der Waals surface area contributed by atoms with Crippen LogP contribution in [0.5, 0.6) is 0 Å². The highest BCUT2D eigenvalue weighted by Crippen LogP contribution is 2.28. The number of nitrogens with zero attached hydrogens (tertiary/aromatic N) is 3. The second kappa shape index (κ2) is 7.11. The number of pyridine rings is 2. The number of halogens is 4. The van der Waals surface area contributed by atoms with Crippen molar-refractivity contribution in [3.63, 3.8) is 0 Å². The Morgan fingerprint density at radius 1 is 0.958 bits per heavy atom. The summed E-state index contributed by atoms with van der Waals surface area (Å²) < 4.78 is 0. The van der Waals surface area contributed by atoms with Crippen LogP contribution in [0.25, 0.3) is 10.9 Å². The van der Waals surface area contributed by atoms with E-state index in [2.05, 4.69) is 20.5 Å². The maximum atomic E-state index is 6.20. The summed E-state index contributed by atoms with van der Waals surface area (Å²) in [5.41, 5.74) is 5.33. The summed E-state index contributed by atoms with van der Waals surface area (Å²) in [7, 11) is 0. The van der Waals surface area contributed by atoms with Gasteiger partial charge in [-0.1, -0.05) is 58.5 Å². The van der Waals surface area contributed by atoms with E-state index in [4.69, 9.17) is 46.4 Å². The van der Waals surface area contributed by atoms with E-state index in [9.17, 15) is 0 Å². The average Bonchev–Trinajstić information content (AvgIpc) is 2.52. The Morgan fingerprint density at radius 2 is 1.75 bits per heavy atom. The topological polar surface area (TPSA) is 50.2 Å². The third-order valence-electron chi connectivity index (χ3n) is 3.21. The number of hydrazone groups is 1. The molecule has 3 rings (SSSR count). The molecule has 4 nitrogen and oxygen atoms in total. The Hall–Kier alpha value is -1.59. The van der Waals surface area contributed by atoms with Crippen molar-refractivity contribution in [1.82, 2.24) is 9.97 Å². The molecule has 2 heterocycles. The first kappa shape index (κ1) is 17.2. The lowest BCUT2D eigenvalue weighted by molar-refractivity contribution is 1.23. The van der Waals surface area contributed by atoms with Gasteiger partial charge >= 0.3 is 0 Å². The van der Waals surface area contributed by atoms with E-state index in [1.807, 2.05) is 31.2 Å². The van der Waals surface area contributed by atoms with E-state index in [0.29, 0.717) is 21.6 Å². The van der Waals surface area contributed by atoms with Crippen LogP contribution in [0.2, 0.25) is 20.4 Å². The summed E-state index contributed by atoms with van der Waals surface area (Å²) in [6.45, 7) is 2.00. The molecule has 0 saturated heterocycles. The van der Waals surface area contributed by atoms with E-state index in [-0.39, 0.29) is 10.2 Å². The monoisotopic (exact) mass is 398 g/mol. The summed E-state index contributed by atoms with van der Waals surface area (Å²) in [6, 6.07) is 9.36. The van der Waals surface area contributed by atoms with E-state index in [1.165, 1.54) is 12.3 Å². The Bertz CT molecular complexity index is 956. The van der Waals surface area contributed by atoms with Gasteiger partial charge < -0.3 is 0 Å². The van der Waals surface area contributed by atoms with Crippen molar-refractivity contribution in [3.05, 3.63) is 61.8 Å². The second-order valence-electron chi connectivity index (χ2n) is 5.03. The fraction of sp³-hybridized carbons (Fsp3) is 0.0625. The minimum Gasteiger partial charge on any atom is -0.260 e. The number of hydrogen-bond donors (Lipinski definition) is 1. The molecule has 0 saturated carbocycles. The van der Waals surface area contributed by atoms with Crippen LogP contribution in [-0.4, -0.2) is 16.2 Å². The summed E-state index contributed by atoms with van der Waals surface area (Å²) in [5.74, 6) is 0.294. The summed E-state index contributed by atoms with van der Waals surface area (Å²) >= 11 is 23.9. The van der Waals surface area contributed by atoms with Crippen LogP contribution >= 0.6 is 46.4 Å². The number of benzene rings is 1. The molecule has 0 atom stereocenters. The minimum atomic E-state index is 0.138. The molecule has 0 fully saturated rings. The molecule has 122 valence electrons. The zero-order valence-corrected chi connectivity index (χ0v) is 15.3. The second-order valence-corrected chi connectivity index (χ2v) is 6.56. The molecule has 1 aromatic carbocycles. The fourth-order valence-corrected chi connectivity index (χ4v) is 2.78. The highest BCUT2D eigenvalue weighted by Gasteiger charge is 2.07. The van der Waals surface area contributed by atoms with Gasteiger partial charge in [0.15, 0.2) is 5.82 Å². The molecule has 0 aliphatic heterocycles. The standard InChI is InChI=1S/C16H10Cl4N4/c1-8-2-3-9-5-10(14(19)22-13(9)4-8)7-21-24-16-12(18)6-11(17)15(20)23-16/h2-7H,1H3,(H,23,24)/b21-7-. The minimum absolute atomic E-state index is 0.138. The van der Waals surface area contributed by atoms with Crippen molar-refractivity contribution in [3.8, 4) is 0 Å². The SMILES string of the molecule is Cc1ccc2cc(/C=N\Nc3nc(Cl)c(Cl)cc3Cl)c(Cl)nc2c1. The zero-order valence-electron chi connectivity index (χ0n) is 12.3. The number of anilines is 1. The molecule has 0 aliphatic carbocycles. The van der Waals surface area contributed by atoms with Crippen LogP contribution < -0.4 is 5.43 Å². The molecule has 1 N–H and O–H groups in total.